The Balaban J connectivity index is 2.35. The monoisotopic (exact) mass is 431 g/mol. The summed E-state index contributed by atoms with van der Waals surface area (Å²) >= 11 is 18.9. The minimum Gasteiger partial charge on any atom is -0.494 e. The summed E-state index contributed by atoms with van der Waals surface area (Å²) in [7, 11) is 0. The van der Waals surface area contributed by atoms with Crippen LogP contribution in [0.4, 0.5) is 5.69 Å². The number of hydrogen-bond acceptors (Lipinski definition) is 4. The Bertz CT molecular complexity index is 717. The van der Waals surface area contributed by atoms with Gasteiger partial charge in [0.1, 0.15) is 23.3 Å². The molecule has 0 aliphatic heterocycles. The molecule has 1 atom stereocenters. The van der Waals surface area contributed by atoms with Crippen LogP contribution in [-0.4, -0.2) is 23.6 Å². The lowest BCUT2D eigenvalue weighted by Crippen LogP contribution is -2.25. The largest absolute Gasteiger partial charge is 0.494 e. The molecule has 2 aromatic carbocycles. The molecule has 2 aromatic rings. The van der Waals surface area contributed by atoms with E-state index < -0.39 is 9.83 Å². The van der Waals surface area contributed by atoms with Gasteiger partial charge in [0.25, 0.3) is 0 Å². The molecule has 4 nitrogen and oxygen atoms in total. The van der Waals surface area contributed by atoms with Crippen molar-refractivity contribution in [1.29, 1.82) is 0 Å². The molecule has 0 saturated carbocycles. The Hall–Kier alpha value is -1.49. The van der Waals surface area contributed by atoms with Gasteiger partial charge in [-0.3, -0.25) is 0 Å². The highest BCUT2D eigenvalue weighted by atomic mass is 35.6. The van der Waals surface area contributed by atoms with Crippen LogP contribution in [0.1, 0.15) is 32.4 Å². The zero-order valence-corrected chi connectivity index (χ0v) is 17.9. The molecule has 0 saturated heterocycles. The highest BCUT2D eigenvalue weighted by molar-refractivity contribution is 6.68. The third-order valence-corrected chi connectivity index (χ3v) is 4.37. The van der Waals surface area contributed by atoms with Crippen molar-refractivity contribution in [3.8, 4) is 17.2 Å². The minimum absolute atomic E-state index is 0.484. The summed E-state index contributed by atoms with van der Waals surface area (Å²) in [6.45, 7) is 7.41. The summed E-state index contributed by atoms with van der Waals surface area (Å²) in [4.78, 5) is 0. The molecule has 7 heteroatoms. The van der Waals surface area contributed by atoms with Gasteiger partial charge in [0.2, 0.25) is 3.79 Å². The van der Waals surface area contributed by atoms with E-state index in [2.05, 4.69) is 5.32 Å². The third kappa shape index (κ3) is 6.27. The second-order valence-corrected chi connectivity index (χ2v) is 8.01. The van der Waals surface area contributed by atoms with Crippen molar-refractivity contribution in [2.45, 2.75) is 30.6 Å². The van der Waals surface area contributed by atoms with Crippen LogP contribution in [0.3, 0.4) is 0 Å². The lowest BCUT2D eigenvalue weighted by molar-refractivity contribution is 0.319. The van der Waals surface area contributed by atoms with E-state index in [1.54, 1.807) is 0 Å². The molecule has 2 rings (SSSR count). The number of halogens is 3. The molecule has 1 unspecified atom stereocenters. The van der Waals surface area contributed by atoms with Gasteiger partial charge < -0.3 is 19.5 Å². The molecule has 0 fully saturated rings. The second kappa shape index (κ2) is 10.2. The summed E-state index contributed by atoms with van der Waals surface area (Å²) in [6.07, 6.45) is 0. The van der Waals surface area contributed by atoms with Crippen LogP contribution < -0.4 is 19.5 Å². The first kappa shape index (κ1) is 21.8. The van der Waals surface area contributed by atoms with E-state index in [0.717, 1.165) is 17.0 Å². The van der Waals surface area contributed by atoms with Crippen LogP contribution in [0.5, 0.6) is 17.2 Å². The Kier molecular flexibility index (Phi) is 8.21. The SMILES string of the molecule is CCOc1ccc(NC(c2ccc(OCC)cc2OCC)C(Cl)(Cl)Cl)cc1. The van der Waals surface area contributed by atoms with Crippen molar-refractivity contribution < 1.29 is 14.2 Å². The quantitative estimate of drug-likeness (QED) is 0.465. The van der Waals surface area contributed by atoms with Crippen molar-refractivity contribution in [1.82, 2.24) is 0 Å². The molecule has 1 N–H and O–H groups in total. The Morgan fingerprint density at radius 2 is 1.37 bits per heavy atom. The van der Waals surface area contributed by atoms with Gasteiger partial charge in [0.15, 0.2) is 0 Å². The number of rotatable bonds is 9. The summed E-state index contributed by atoms with van der Waals surface area (Å²) in [6, 6.07) is 12.4. The molecule has 0 aliphatic rings. The number of anilines is 1. The molecule has 0 bridgehead atoms. The normalized spacial score (nSPS) is 12.4. The maximum Gasteiger partial charge on any atom is 0.214 e. The third-order valence-electron chi connectivity index (χ3n) is 3.71. The second-order valence-electron chi connectivity index (χ2n) is 5.64. The van der Waals surface area contributed by atoms with Gasteiger partial charge in [-0.15, -0.1) is 0 Å². The van der Waals surface area contributed by atoms with Crippen molar-refractivity contribution >= 4 is 40.5 Å². The highest BCUT2D eigenvalue weighted by Gasteiger charge is 2.36. The van der Waals surface area contributed by atoms with Crippen molar-refractivity contribution in [3.63, 3.8) is 0 Å². The van der Waals surface area contributed by atoms with Crippen LogP contribution in [0.15, 0.2) is 42.5 Å². The van der Waals surface area contributed by atoms with Gasteiger partial charge in [-0.1, -0.05) is 34.8 Å². The van der Waals surface area contributed by atoms with Crippen LogP contribution in [-0.2, 0) is 0 Å². The Morgan fingerprint density at radius 3 is 1.93 bits per heavy atom. The Morgan fingerprint density at radius 1 is 0.815 bits per heavy atom. The van der Waals surface area contributed by atoms with Crippen molar-refractivity contribution in [2.75, 3.05) is 25.1 Å². The summed E-state index contributed by atoms with van der Waals surface area (Å²) < 4.78 is 15.2. The maximum absolute atomic E-state index is 6.29. The van der Waals surface area contributed by atoms with Gasteiger partial charge in [-0.05, 0) is 57.2 Å². The van der Waals surface area contributed by atoms with Gasteiger partial charge >= 0.3 is 0 Å². The number of hydrogen-bond donors (Lipinski definition) is 1. The molecule has 0 radical (unpaired) electrons. The number of ether oxygens (including phenoxy) is 3. The average Bonchev–Trinajstić information content (AvgIpc) is 2.62. The lowest BCUT2D eigenvalue weighted by atomic mass is 10.1. The van der Waals surface area contributed by atoms with Crippen LogP contribution in [0, 0.1) is 0 Å². The molecule has 27 heavy (non-hydrogen) atoms. The fourth-order valence-corrected chi connectivity index (χ4v) is 3.12. The molecule has 0 aliphatic carbocycles. The summed E-state index contributed by atoms with van der Waals surface area (Å²) in [5.74, 6) is 2.09. The predicted octanol–water partition coefficient (Wildman–Crippen LogP) is 6.41. The van der Waals surface area contributed by atoms with E-state index in [1.165, 1.54) is 0 Å². The molecule has 0 amide bonds. The number of benzene rings is 2. The molecule has 148 valence electrons. The smallest absolute Gasteiger partial charge is 0.214 e. The highest BCUT2D eigenvalue weighted by Crippen LogP contribution is 2.45. The van der Waals surface area contributed by atoms with Crippen molar-refractivity contribution in [2.24, 2.45) is 0 Å². The summed E-state index contributed by atoms with van der Waals surface area (Å²) in [5, 5.41) is 3.28. The van der Waals surface area contributed by atoms with Crippen LogP contribution in [0.2, 0.25) is 0 Å². The standard InChI is InChI=1S/C20H24Cl3NO3/c1-4-25-15-9-7-14(8-10-15)24-19(20(21,22)23)17-12-11-16(26-5-2)13-18(17)27-6-3/h7-13,19,24H,4-6H2,1-3H3. The summed E-state index contributed by atoms with van der Waals surface area (Å²) in [5.41, 5.74) is 1.53. The maximum atomic E-state index is 6.29. The minimum atomic E-state index is -1.60. The van der Waals surface area contributed by atoms with Gasteiger partial charge in [0, 0.05) is 17.3 Å². The average molecular weight is 433 g/mol. The van der Waals surface area contributed by atoms with E-state index in [-0.39, 0.29) is 0 Å². The van der Waals surface area contributed by atoms with Crippen molar-refractivity contribution in [3.05, 3.63) is 48.0 Å². The first-order valence-electron chi connectivity index (χ1n) is 8.84. The first-order valence-corrected chi connectivity index (χ1v) is 9.98. The molecular weight excluding hydrogens is 409 g/mol. The number of alkyl halides is 3. The van der Waals surface area contributed by atoms with Crippen LogP contribution >= 0.6 is 34.8 Å². The fourth-order valence-electron chi connectivity index (χ4n) is 2.61. The van der Waals surface area contributed by atoms with E-state index in [9.17, 15) is 0 Å². The van der Waals surface area contributed by atoms with E-state index in [1.807, 2.05) is 63.2 Å². The zero-order valence-electron chi connectivity index (χ0n) is 15.6. The fraction of sp³-hybridized carbons (Fsp3) is 0.400. The number of nitrogens with one attached hydrogen (secondary N) is 1. The molecule has 0 heterocycles. The van der Waals surface area contributed by atoms with Gasteiger partial charge in [-0.25, -0.2) is 0 Å². The zero-order chi connectivity index (χ0) is 19.9. The van der Waals surface area contributed by atoms with Gasteiger partial charge in [0.05, 0.1) is 19.8 Å². The van der Waals surface area contributed by atoms with E-state index in [0.29, 0.717) is 31.3 Å². The topological polar surface area (TPSA) is 39.7 Å². The predicted molar refractivity (Wildman–Crippen MR) is 113 cm³/mol. The molecule has 0 spiro atoms. The molecule has 0 aromatic heterocycles. The van der Waals surface area contributed by atoms with E-state index in [4.69, 9.17) is 49.0 Å². The first-order chi connectivity index (χ1) is 12.9. The van der Waals surface area contributed by atoms with E-state index >= 15 is 0 Å². The lowest BCUT2D eigenvalue weighted by Gasteiger charge is -2.29. The Labute approximate surface area is 175 Å². The van der Waals surface area contributed by atoms with Gasteiger partial charge in [-0.2, -0.15) is 0 Å². The molecular formula is C20H24Cl3NO3. The van der Waals surface area contributed by atoms with Crippen LogP contribution in [0.25, 0.3) is 0 Å².